The summed E-state index contributed by atoms with van der Waals surface area (Å²) in [6, 6.07) is 13.1. The van der Waals surface area contributed by atoms with Crippen LogP contribution < -0.4 is 10.6 Å². The Bertz CT molecular complexity index is 1030. The van der Waals surface area contributed by atoms with Gasteiger partial charge in [0.05, 0.1) is 42.3 Å². The number of Topliss-reactive ketones (excluding diaryl/α,β-unsaturated/α-hetero) is 2. The van der Waals surface area contributed by atoms with Crippen molar-refractivity contribution in [2.24, 2.45) is 0 Å². The molecule has 0 amide bonds. The van der Waals surface area contributed by atoms with Crippen molar-refractivity contribution in [2.75, 3.05) is 0 Å². The number of rotatable bonds is 10. The van der Waals surface area contributed by atoms with Gasteiger partial charge < -0.3 is 31.1 Å². The maximum Gasteiger partial charge on any atom is 0.179 e. The van der Waals surface area contributed by atoms with Gasteiger partial charge in [-0.05, 0) is 80.5 Å². The number of benzene rings is 2. The van der Waals surface area contributed by atoms with E-state index >= 15 is 0 Å². The number of ketones is 2. The second kappa shape index (κ2) is 21.4. The molecule has 2 rings (SSSR count). The van der Waals surface area contributed by atoms with Crippen LogP contribution in [0.2, 0.25) is 10.0 Å². The van der Waals surface area contributed by atoms with Gasteiger partial charge in [0.2, 0.25) is 0 Å². The van der Waals surface area contributed by atoms with E-state index in [-0.39, 0.29) is 55.9 Å². The van der Waals surface area contributed by atoms with Gasteiger partial charge in [0.15, 0.2) is 11.6 Å². The van der Waals surface area contributed by atoms with Gasteiger partial charge in [-0.25, -0.2) is 0 Å². The van der Waals surface area contributed by atoms with Crippen molar-refractivity contribution < 1.29 is 47.4 Å². The zero-order valence-electron chi connectivity index (χ0n) is 25.2. The molecule has 2 atom stereocenters. The molecule has 12 radical (unpaired) electrons. The molecule has 0 aliphatic carbocycles. The number of hydrogen-bond acceptors (Lipinski definition) is 5. The maximum atomic E-state index is 12.1. The number of halogens is 2. The van der Waals surface area contributed by atoms with Crippen LogP contribution in [0.15, 0.2) is 48.5 Å². The molecule has 0 spiro atoms. The Morgan fingerprint density at radius 3 is 1.43 bits per heavy atom. The molecular weight excluding hydrogens is 675 g/mol. The van der Waals surface area contributed by atoms with Gasteiger partial charge in [-0.2, -0.15) is 0 Å². The third-order valence-corrected chi connectivity index (χ3v) is 8.11. The van der Waals surface area contributed by atoms with Crippen molar-refractivity contribution in [3.8, 4) is 0 Å². The summed E-state index contributed by atoms with van der Waals surface area (Å²) in [6.45, 7) is 12.9. The molecule has 0 fully saturated rings. The van der Waals surface area contributed by atoms with Crippen molar-refractivity contribution in [3.63, 3.8) is 0 Å². The Morgan fingerprint density at radius 2 is 1.19 bits per heavy atom. The third-order valence-electron chi connectivity index (χ3n) is 4.90. The predicted octanol–water partition coefficient (Wildman–Crippen LogP) is 5.04. The third kappa shape index (κ3) is 19.9. The van der Waals surface area contributed by atoms with Crippen LogP contribution in [-0.4, -0.2) is 85.2 Å². The number of hydrogen-bond donors (Lipinski definition) is 3. The van der Waals surface area contributed by atoms with Gasteiger partial charge in [-0.15, -0.1) is 7.17 Å². The first-order chi connectivity index (χ1) is 18.7. The van der Waals surface area contributed by atoms with Crippen LogP contribution in [0.3, 0.4) is 0 Å². The molecule has 0 aliphatic heterocycles. The van der Waals surface area contributed by atoms with Crippen molar-refractivity contribution in [1.29, 1.82) is 0 Å². The maximum absolute atomic E-state index is 12.1. The minimum Gasteiger partial charge on any atom is -0.376 e. The largest absolute Gasteiger partial charge is 0.376 e. The summed E-state index contributed by atoms with van der Waals surface area (Å²) < 4.78 is 0. The smallest absolute Gasteiger partial charge is 0.179 e. The van der Waals surface area contributed by atoms with E-state index in [1.807, 2.05) is 27.7 Å². The summed E-state index contributed by atoms with van der Waals surface area (Å²) in [5, 5.41) is 17.3. The van der Waals surface area contributed by atoms with Crippen molar-refractivity contribution in [3.05, 3.63) is 75.0 Å². The Kier molecular flexibility index (Phi) is 22.8. The first-order valence-corrected chi connectivity index (χ1v) is 16.3. The molecule has 0 bridgehead atoms. The van der Waals surface area contributed by atoms with Gasteiger partial charge >= 0.3 is 0 Å². The average Bonchev–Trinajstić information content (AvgIpc) is 2.81. The van der Waals surface area contributed by atoms with Gasteiger partial charge in [0, 0.05) is 59.4 Å². The quantitative estimate of drug-likeness (QED) is 0.106. The molecule has 0 aliphatic rings. The molecule has 42 heavy (non-hydrogen) atoms. The molecular formula is C26H34B6Cl2N2O3P2Y-. The summed E-state index contributed by atoms with van der Waals surface area (Å²) in [6.07, 6.45) is 0. The van der Waals surface area contributed by atoms with Crippen LogP contribution in [0.1, 0.15) is 69.2 Å². The zero-order chi connectivity index (χ0) is 32.1. The summed E-state index contributed by atoms with van der Waals surface area (Å²) in [5.74, 6) is -0.0259. The van der Waals surface area contributed by atoms with Crippen LogP contribution in [0.4, 0.5) is 0 Å². The number of nitrogens with one attached hydrogen (secondary N) is 2. The Labute approximate surface area is 297 Å². The van der Waals surface area contributed by atoms with Crippen LogP contribution in [0.5, 0.6) is 0 Å². The fourth-order valence-electron chi connectivity index (χ4n) is 3.40. The van der Waals surface area contributed by atoms with E-state index in [1.54, 1.807) is 69.3 Å². The number of carbonyl (C=O) groups excluding carboxylic acids is 2. The molecule has 2 aromatic carbocycles. The van der Waals surface area contributed by atoms with Crippen LogP contribution in [0, 0.1) is 5.30 Å². The second-order valence-corrected chi connectivity index (χ2v) is 14.4. The van der Waals surface area contributed by atoms with Crippen LogP contribution in [0.25, 0.3) is 0 Å². The fraction of sp³-hybridized carbons (Fsp3) is 0.423. The number of aliphatic hydroxyl groups is 1. The van der Waals surface area contributed by atoms with E-state index in [4.69, 9.17) is 61.2 Å². The van der Waals surface area contributed by atoms with E-state index in [0.717, 1.165) is 0 Å². The Balaban J connectivity index is 0. The van der Waals surface area contributed by atoms with E-state index in [2.05, 4.69) is 10.6 Å². The standard InChI is InChI=1S/C13H18ClNO.C12H16ClNO2.CB6P2.Y/c1-9(15-13(2,3)4)12(16)10-6-5-7-11(14)8-10;1-8(14-12(2,3)16)11(15)9-5-4-6-10(13)7-9;2-7-1(8(3)4)9(5)6;/h5-9,15H,1-4H3;4-8,14,16H,1-3H3;;/q;;-1;. The van der Waals surface area contributed by atoms with Gasteiger partial charge in [-0.3, -0.25) is 14.9 Å². The summed E-state index contributed by atoms with van der Waals surface area (Å²) >= 11 is 11.7. The number of carbonyl (C=O) groups is 2. The molecule has 0 saturated heterocycles. The Morgan fingerprint density at radius 1 is 0.833 bits per heavy atom. The van der Waals surface area contributed by atoms with Crippen molar-refractivity contribution in [2.45, 2.75) is 71.8 Å². The molecule has 0 saturated carbocycles. The summed E-state index contributed by atoms with van der Waals surface area (Å²) in [4.78, 5) is 24.0. The monoisotopic (exact) mass is 709 g/mol. The molecule has 3 N–H and O–H groups in total. The summed E-state index contributed by atoms with van der Waals surface area (Å²) in [7, 11) is 25.2. The van der Waals surface area contributed by atoms with Crippen LogP contribution in [-0.2, 0) is 32.7 Å². The fourth-order valence-corrected chi connectivity index (χ4v) is 5.19. The van der Waals surface area contributed by atoms with E-state index in [0.29, 0.717) is 26.5 Å². The summed E-state index contributed by atoms with van der Waals surface area (Å²) in [5.41, 5.74) is 0.0369. The van der Waals surface area contributed by atoms with Crippen LogP contribution >= 0.6 is 38.6 Å². The molecule has 0 heterocycles. The Hall–Kier alpha value is 0.594. The second-order valence-electron chi connectivity index (χ2n) is 10.6. The minimum atomic E-state index is -1.19. The predicted molar refractivity (Wildman–Crippen MR) is 184 cm³/mol. The topological polar surface area (TPSA) is 78.4 Å². The normalized spacial score (nSPS) is 12.7. The first-order valence-electron chi connectivity index (χ1n) is 12.6. The molecule has 16 heteroatoms. The molecule has 212 valence electrons. The van der Waals surface area contributed by atoms with E-state index in [9.17, 15) is 14.7 Å². The minimum absolute atomic E-state index is 0. The first kappa shape index (κ1) is 44.7. The molecule has 2 aromatic rings. The van der Waals surface area contributed by atoms with E-state index < -0.39 is 27.1 Å². The molecule has 5 nitrogen and oxygen atoms in total. The average molecular weight is 709 g/mol. The van der Waals surface area contributed by atoms with Gasteiger partial charge in [-0.1, -0.05) is 47.5 Å². The molecule has 0 aromatic heterocycles. The zero-order valence-corrected chi connectivity index (χ0v) is 31.4. The van der Waals surface area contributed by atoms with Gasteiger partial charge in [0.1, 0.15) is 5.72 Å². The molecule has 2 unspecified atom stereocenters. The van der Waals surface area contributed by atoms with E-state index in [1.165, 1.54) is 7.17 Å². The van der Waals surface area contributed by atoms with Crippen molar-refractivity contribution in [1.82, 2.24) is 10.6 Å². The van der Waals surface area contributed by atoms with Gasteiger partial charge in [0.25, 0.3) is 0 Å². The SMILES string of the molecule is CC(NC(C)(C)C)C(=O)c1cccc(Cl)c1.CC(NC(C)(C)O)C(=O)c1cccc(Cl)c1.[B][B][C-](P([B])[B])P([B])[B].[Y]. The van der Waals surface area contributed by atoms with Crippen molar-refractivity contribution >= 4 is 95.3 Å².